The van der Waals surface area contributed by atoms with Gasteiger partial charge in [0.1, 0.15) is 11.2 Å². The predicted octanol–water partition coefficient (Wildman–Crippen LogP) is 11.3. The van der Waals surface area contributed by atoms with Crippen molar-refractivity contribution in [1.29, 1.82) is 0 Å². The quantitative estimate of drug-likeness (QED) is 0.197. The first kappa shape index (κ1) is 27.0. The largest absolute Gasteiger partial charge is 0.455 e. The maximum Gasteiger partial charge on any atom is 0.164 e. The van der Waals surface area contributed by atoms with E-state index < -0.39 is 0 Å². The van der Waals surface area contributed by atoms with Crippen LogP contribution in [0.3, 0.4) is 0 Å². The number of fused-ring (bicyclic) bond motifs is 5. The molecule has 47 heavy (non-hydrogen) atoms. The molecule has 9 rings (SSSR count). The van der Waals surface area contributed by atoms with Gasteiger partial charge in [0.2, 0.25) is 0 Å². The van der Waals surface area contributed by atoms with E-state index in [1.807, 2.05) is 42.5 Å². The standard InChI is InChI=1S/C43H27N3O/c1-4-12-28(13-5-1)29-20-22-32(23-21-29)42-44-41(31-16-8-3-9-17-31)45-43(46-42)34-24-25-36-38(27-34)47-40-35-19-11-10-18-33(35)26-37(39(36)40)30-14-6-2-7-15-30/h1-27H. The molecule has 2 aromatic heterocycles. The molecule has 0 aliphatic heterocycles. The number of rotatable bonds is 5. The van der Waals surface area contributed by atoms with Crippen molar-refractivity contribution in [2.24, 2.45) is 0 Å². The number of aromatic nitrogens is 3. The summed E-state index contributed by atoms with van der Waals surface area (Å²) >= 11 is 0. The summed E-state index contributed by atoms with van der Waals surface area (Å²) in [6.45, 7) is 0. The minimum Gasteiger partial charge on any atom is -0.455 e. The molecule has 0 amide bonds. The fraction of sp³-hybridized carbons (Fsp3) is 0. The van der Waals surface area contributed by atoms with Gasteiger partial charge in [0.15, 0.2) is 17.5 Å². The summed E-state index contributed by atoms with van der Waals surface area (Å²) in [7, 11) is 0. The van der Waals surface area contributed by atoms with Crippen molar-refractivity contribution in [3.8, 4) is 56.4 Å². The lowest BCUT2D eigenvalue weighted by molar-refractivity contribution is 0.673. The third-order valence-corrected chi connectivity index (χ3v) is 8.73. The number of hydrogen-bond acceptors (Lipinski definition) is 4. The smallest absolute Gasteiger partial charge is 0.164 e. The molecule has 0 aliphatic carbocycles. The molecule has 0 fully saturated rings. The van der Waals surface area contributed by atoms with Crippen molar-refractivity contribution >= 4 is 32.7 Å². The normalized spacial score (nSPS) is 11.4. The maximum absolute atomic E-state index is 6.70. The molecule has 220 valence electrons. The highest BCUT2D eigenvalue weighted by molar-refractivity contribution is 6.21. The van der Waals surface area contributed by atoms with Gasteiger partial charge in [-0.25, -0.2) is 15.0 Å². The highest BCUT2D eigenvalue weighted by atomic mass is 16.3. The van der Waals surface area contributed by atoms with Crippen LogP contribution in [0.1, 0.15) is 0 Å². The first-order valence-electron chi connectivity index (χ1n) is 15.7. The molecular formula is C43H27N3O. The molecule has 9 aromatic rings. The van der Waals surface area contributed by atoms with Gasteiger partial charge in [-0.3, -0.25) is 0 Å². The van der Waals surface area contributed by atoms with Crippen molar-refractivity contribution in [3.05, 3.63) is 164 Å². The number of benzene rings is 7. The molecule has 0 radical (unpaired) electrons. The van der Waals surface area contributed by atoms with Crippen LogP contribution in [0.4, 0.5) is 0 Å². The lowest BCUT2D eigenvalue weighted by Gasteiger charge is -2.09. The van der Waals surface area contributed by atoms with Crippen LogP contribution in [0.2, 0.25) is 0 Å². The molecule has 0 saturated carbocycles. The topological polar surface area (TPSA) is 51.8 Å². The molecule has 0 bridgehead atoms. The molecule has 0 spiro atoms. The van der Waals surface area contributed by atoms with Crippen LogP contribution in [0, 0.1) is 0 Å². The lowest BCUT2D eigenvalue weighted by Crippen LogP contribution is -2.00. The van der Waals surface area contributed by atoms with Gasteiger partial charge >= 0.3 is 0 Å². The van der Waals surface area contributed by atoms with E-state index in [1.54, 1.807) is 0 Å². The number of furan rings is 1. The van der Waals surface area contributed by atoms with E-state index in [1.165, 1.54) is 5.56 Å². The van der Waals surface area contributed by atoms with Gasteiger partial charge in [-0.2, -0.15) is 0 Å². The van der Waals surface area contributed by atoms with E-state index in [4.69, 9.17) is 19.4 Å². The Morgan fingerprint density at radius 1 is 0.362 bits per heavy atom. The molecule has 0 saturated heterocycles. The van der Waals surface area contributed by atoms with Crippen LogP contribution in [0.15, 0.2) is 168 Å². The molecule has 0 N–H and O–H groups in total. The van der Waals surface area contributed by atoms with Crippen LogP contribution in [0.25, 0.3) is 89.1 Å². The Labute approximate surface area is 271 Å². The summed E-state index contributed by atoms with van der Waals surface area (Å²) < 4.78 is 6.70. The van der Waals surface area contributed by atoms with E-state index in [0.717, 1.165) is 66.1 Å². The van der Waals surface area contributed by atoms with Crippen LogP contribution in [0.5, 0.6) is 0 Å². The summed E-state index contributed by atoms with van der Waals surface area (Å²) in [6.07, 6.45) is 0. The van der Waals surface area contributed by atoms with E-state index in [-0.39, 0.29) is 0 Å². The summed E-state index contributed by atoms with van der Waals surface area (Å²) in [5.41, 5.74) is 9.02. The van der Waals surface area contributed by atoms with Crippen LogP contribution >= 0.6 is 0 Å². The molecule has 0 atom stereocenters. The zero-order valence-electron chi connectivity index (χ0n) is 25.3. The van der Waals surface area contributed by atoms with Gasteiger partial charge in [-0.05, 0) is 45.8 Å². The maximum atomic E-state index is 6.70. The van der Waals surface area contributed by atoms with Crippen molar-refractivity contribution < 1.29 is 4.42 Å². The first-order valence-corrected chi connectivity index (χ1v) is 15.7. The third kappa shape index (κ3) is 4.84. The van der Waals surface area contributed by atoms with Gasteiger partial charge in [0.25, 0.3) is 0 Å². The van der Waals surface area contributed by atoms with E-state index in [0.29, 0.717) is 17.5 Å². The van der Waals surface area contributed by atoms with Crippen molar-refractivity contribution in [3.63, 3.8) is 0 Å². The molecule has 4 nitrogen and oxygen atoms in total. The summed E-state index contributed by atoms with van der Waals surface area (Å²) in [5, 5.41) is 4.40. The van der Waals surface area contributed by atoms with E-state index in [9.17, 15) is 0 Å². The fourth-order valence-corrected chi connectivity index (χ4v) is 6.39. The highest BCUT2D eigenvalue weighted by Crippen LogP contribution is 2.42. The summed E-state index contributed by atoms with van der Waals surface area (Å²) in [5.74, 6) is 1.84. The highest BCUT2D eigenvalue weighted by Gasteiger charge is 2.18. The Hall–Kier alpha value is -6.39. The second-order valence-corrected chi connectivity index (χ2v) is 11.6. The van der Waals surface area contributed by atoms with Gasteiger partial charge in [0.05, 0.1) is 0 Å². The Kier molecular flexibility index (Phi) is 6.43. The number of nitrogens with zero attached hydrogens (tertiary/aromatic N) is 3. The molecule has 7 aromatic carbocycles. The molecular weight excluding hydrogens is 574 g/mol. The van der Waals surface area contributed by atoms with Crippen molar-refractivity contribution in [1.82, 2.24) is 15.0 Å². The second-order valence-electron chi connectivity index (χ2n) is 11.6. The lowest BCUT2D eigenvalue weighted by atomic mass is 9.95. The third-order valence-electron chi connectivity index (χ3n) is 8.73. The molecule has 0 unspecified atom stereocenters. The predicted molar refractivity (Wildman–Crippen MR) is 192 cm³/mol. The van der Waals surface area contributed by atoms with Crippen molar-refractivity contribution in [2.45, 2.75) is 0 Å². The first-order chi connectivity index (χ1) is 23.3. The zero-order chi connectivity index (χ0) is 31.2. The van der Waals surface area contributed by atoms with Crippen molar-refractivity contribution in [2.75, 3.05) is 0 Å². The minimum absolute atomic E-state index is 0.594. The van der Waals surface area contributed by atoms with Gasteiger partial charge in [-0.15, -0.1) is 0 Å². The Morgan fingerprint density at radius 3 is 1.53 bits per heavy atom. The minimum atomic E-state index is 0.594. The van der Waals surface area contributed by atoms with E-state index >= 15 is 0 Å². The van der Waals surface area contributed by atoms with Crippen LogP contribution in [-0.4, -0.2) is 15.0 Å². The van der Waals surface area contributed by atoms with Gasteiger partial charge < -0.3 is 4.42 Å². The zero-order valence-corrected chi connectivity index (χ0v) is 25.3. The molecule has 2 heterocycles. The van der Waals surface area contributed by atoms with Gasteiger partial charge in [-0.1, -0.05) is 146 Å². The van der Waals surface area contributed by atoms with Gasteiger partial charge in [0, 0.05) is 32.8 Å². The SMILES string of the molecule is c1ccc(-c2ccc(-c3nc(-c4ccccc4)nc(-c4ccc5c(c4)oc4c6ccccc6cc(-c6ccccc6)c54)n3)cc2)cc1. The van der Waals surface area contributed by atoms with Crippen LogP contribution in [-0.2, 0) is 0 Å². The number of hydrogen-bond donors (Lipinski definition) is 0. The fourth-order valence-electron chi connectivity index (χ4n) is 6.39. The summed E-state index contributed by atoms with van der Waals surface area (Å²) in [4.78, 5) is 14.9. The van der Waals surface area contributed by atoms with E-state index in [2.05, 4.69) is 121 Å². The average molecular weight is 602 g/mol. The Morgan fingerprint density at radius 2 is 0.851 bits per heavy atom. The summed E-state index contributed by atoms with van der Waals surface area (Å²) in [6, 6.07) is 56.3. The average Bonchev–Trinajstić information content (AvgIpc) is 3.55. The molecule has 0 aliphatic rings. The molecule has 4 heteroatoms. The van der Waals surface area contributed by atoms with Crippen LogP contribution < -0.4 is 0 Å². The Balaban J connectivity index is 1.22. The Bertz CT molecular complexity index is 2540. The second kappa shape index (κ2) is 11.2. The monoisotopic (exact) mass is 601 g/mol.